The Morgan fingerprint density at radius 2 is 1.64 bits per heavy atom. The lowest BCUT2D eigenvalue weighted by molar-refractivity contribution is -0.144. The fourth-order valence-corrected chi connectivity index (χ4v) is 7.25. The lowest BCUT2D eigenvalue weighted by Gasteiger charge is -2.45. The van der Waals surface area contributed by atoms with Crippen LogP contribution in [0.2, 0.25) is 0 Å². The topological polar surface area (TPSA) is 35.5 Å². The molecule has 28 heavy (non-hydrogen) atoms. The van der Waals surface area contributed by atoms with Gasteiger partial charge in [-0.2, -0.15) is 0 Å². The van der Waals surface area contributed by atoms with Crippen molar-refractivity contribution in [1.82, 2.24) is 0 Å². The van der Waals surface area contributed by atoms with E-state index in [-0.39, 0.29) is 17.8 Å². The quantitative estimate of drug-likeness (QED) is 0.628. The summed E-state index contributed by atoms with van der Waals surface area (Å²) in [5.74, 6) is 2.62. The van der Waals surface area contributed by atoms with E-state index in [9.17, 15) is 4.79 Å². The highest BCUT2D eigenvalue weighted by Gasteiger charge is 2.50. The van der Waals surface area contributed by atoms with E-state index in [2.05, 4.69) is 30.3 Å². The fourth-order valence-electron chi connectivity index (χ4n) is 4.15. The number of methoxy groups -OCH3 is 2. The van der Waals surface area contributed by atoms with Crippen LogP contribution < -0.4 is 4.74 Å². The van der Waals surface area contributed by atoms with E-state index in [1.54, 1.807) is 7.11 Å². The number of benzene rings is 2. The highest BCUT2D eigenvalue weighted by Crippen LogP contribution is 2.59. The smallest absolute Gasteiger partial charge is 0.313 e. The second-order valence-corrected chi connectivity index (χ2v) is 9.61. The molecule has 1 saturated heterocycles. The van der Waals surface area contributed by atoms with Gasteiger partial charge in [-0.15, -0.1) is 23.5 Å². The lowest BCUT2D eigenvalue weighted by atomic mass is 9.63. The normalized spacial score (nSPS) is 22.5. The lowest BCUT2D eigenvalue weighted by Crippen LogP contribution is -2.39. The van der Waals surface area contributed by atoms with E-state index in [4.69, 9.17) is 9.47 Å². The van der Waals surface area contributed by atoms with Gasteiger partial charge in [0.2, 0.25) is 0 Å². The predicted molar refractivity (Wildman–Crippen MR) is 118 cm³/mol. The van der Waals surface area contributed by atoms with Gasteiger partial charge in [-0.25, -0.2) is 0 Å². The largest absolute Gasteiger partial charge is 0.496 e. The van der Waals surface area contributed by atoms with Crippen LogP contribution in [0.3, 0.4) is 0 Å². The molecule has 0 N–H and O–H groups in total. The van der Waals surface area contributed by atoms with E-state index in [0.29, 0.717) is 4.58 Å². The van der Waals surface area contributed by atoms with Gasteiger partial charge in [0.05, 0.1) is 24.7 Å². The summed E-state index contributed by atoms with van der Waals surface area (Å²) < 4.78 is 11.2. The van der Waals surface area contributed by atoms with E-state index in [0.717, 1.165) is 22.8 Å². The SMILES string of the molecule is COC(=O)[C@@H]1C(C2SCCCS2)=C(c2ccccc2)[C@H]1c1ccccc1OC. The summed E-state index contributed by atoms with van der Waals surface area (Å²) in [6, 6.07) is 18.5. The van der Waals surface area contributed by atoms with Crippen LogP contribution in [0.15, 0.2) is 60.2 Å². The van der Waals surface area contributed by atoms with E-state index >= 15 is 0 Å². The van der Waals surface area contributed by atoms with Gasteiger partial charge in [0.15, 0.2) is 0 Å². The van der Waals surface area contributed by atoms with E-state index in [1.165, 1.54) is 30.2 Å². The number of carbonyl (C=O) groups excluding carboxylic acids is 1. The molecule has 0 aromatic heterocycles. The molecule has 0 unspecified atom stereocenters. The Morgan fingerprint density at radius 3 is 2.32 bits per heavy atom. The standard InChI is InChI=1S/C23H24O3S2/c1-25-17-12-7-6-11-16(17)19-18(15-9-4-3-5-10-15)21(20(19)22(24)26-2)23-27-13-8-14-28-23/h3-7,9-12,19-20,23H,8,13-14H2,1-2H3/t19-,20+/m1/s1. The molecule has 2 atom stereocenters. The molecular weight excluding hydrogens is 388 g/mol. The van der Waals surface area contributed by atoms with Crippen molar-refractivity contribution in [2.24, 2.45) is 5.92 Å². The number of thioether (sulfide) groups is 2. The number of ether oxygens (including phenoxy) is 2. The van der Waals surface area contributed by atoms with Crippen LogP contribution >= 0.6 is 23.5 Å². The number of allylic oxidation sites excluding steroid dienone is 1. The fraction of sp³-hybridized carbons (Fsp3) is 0.348. The molecule has 0 spiro atoms. The van der Waals surface area contributed by atoms with Crippen molar-refractivity contribution in [3.63, 3.8) is 0 Å². The molecule has 1 aliphatic carbocycles. The Balaban J connectivity index is 1.89. The average Bonchev–Trinajstić information content (AvgIpc) is 2.75. The van der Waals surface area contributed by atoms with Crippen LogP contribution in [0.25, 0.3) is 5.57 Å². The Labute approximate surface area is 174 Å². The van der Waals surface area contributed by atoms with Crippen molar-refractivity contribution >= 4 is 35.1 Å². The molecule has 0 bridgehead atoms. The van der Waals surface area contributed by atoms with Crippen LogP contribution in [0.4, 0.5) is 0 Å². The highest BCUT2D eigenvalue weighted by molar-refractivity contribution is 8.17. The number of carbonyl (C=O) groups is 1. The maximum atomic E-state index is 12.9. The predicted octanol–water partition coefficient (Wildman–Crippen LogP) is 5.23. The van der Waals surface area contributed by atoms with Gasteiger partial charge in [0.1, 0.15) is 5.75 Å². The third kappa shape index (κ3) is 3.46. The summed E-state index contributed by atoms with van der Waals surface area (Å²) in [6.07, 6.45) is 1.22. The number of para-hydroxylation sites is 1. The second-order valence-electron chi connectivity index (χ2n) is 6.88. The van der Waals surface area contributed by atoms with Crippen LogP contribution in [0, 0.1) is 5.92 Å². The van der Waals surface area contributed by atoms with Crippen molar-refractivity contribution < 1.29 is 14.3 Å². The zero-order valence-corrected chi connectivity index (χ0v) is 17.7. The molecular formula is C23H24O3S2. The number of hydrogen-bond acceptors (Lipinski definition) is 5. The van der Waals surface area contributed by atoms with Gasteiger partial charge in [-0.05, 0) is 40.7 Å². The molecule has 4 rings (SSSR count). The molecule has 1 aliphatic heterocycles. The summed E-state index contributed by atoms with van der Waals surface area (Å²) in [5, 5.41) is 0. The average molecular weight is 413 g/mol. The van der Waals surface area contributed by atoms with Gasteiger partial charge in [0, 0.05) is 11.5 Å². The van der Waals surface area contributed by atoms with Gasteiger partial charge in [0.25, 0.3) is 0 Å². The van der Waals surface area contributed by atoms with Gasteiger partial charge in [-0.3, -0.25) is 4.79 Å². The first-order chi connectivity index (χ1) is 13.8. The summed E-state index contributed by atoms with van der Waals surface area (Å²) in [7, 11) is 3.17. The number of esters is 1. The summed E-state index contributed by atoms with van der Waals surface area (Å²) in [4.78, 5) is 12.9. The molecule has 1 heterocycles. The first-order valence-corrected chi connectivity index (χ1v) is 11.6. The Bertz CT molecular complexity index is 872. The molecule has 0 amide bonds. The summed E-state index contributed by atoms with van der Waals surface area (Å²) in [6.45, 7) is 0. The Morgan fingerprint density at radius 1 is 0.964 bits per heavy atom. The molecule has 5 heteroatoms. The van der Waals surface area contributed by atoms with Crippen molar-refractivity contribution in [2.75, 3.05) is 25.7 Å². The van der Waals surface area contributed by atoms with Gasteiger partial charge in [-0.1, -0.05) is 48.5 Å². The molecule has 0 saturated carbocycles. The first kappa shape index (κ1) is 19.5. The zero-order chi connectivity index (χ0) is 19.5. The van der Waals surface area contributed by atoms with Crippen molar-refractivity contribution in [2.45, 2.75) is 16.9 Å². The third-order valence-electron chi connectivity index (χ3n) is 5.39. The number of rotatable bonds is 5. The molecule has 2 aromatic carbocycles. The van der Waals surface area contributed by atoms with Crippen LogP contribution in [-0.4, -0.2) is 36.3 Å². The minimum Gasteiger partial charge on any atom is -0.496 e. The monoisotopic (exact) mass is 412 g/mol. The molecule has 3 nitrogen and oxygen atoms in total. The molecule has 0 radical (unpaired) electrons. The maximum Gasteiger partial charge on any atom is 0.313 e. The minimum atomic E-state index is -0.264. The van der Waals surface area contributed by atoms with Crippen molar-refractivity contribution in [3.05, 3.63) is 71.3 Å². The van der Waals surface area contributed by atoms with Crippen molar-refractivity contribution in [3.8, 4) is 5.75 Å². The summed E-state index contributed by atoms with van der Waals surface area (Å²) >= 11 is 3.90. The minimum absolute atomic E-state index is 0.0517. The highest BCUT2D eigenvalue weighted by atomic mass is 32.2. The zero-order valence-electron chi connectivity index (χ0n) is 16.1. The van der Waals surface area contributed by atoms with Crippen LogP contribution in [0.5, 0.6) is 5.75 Å². The van der Waals surface area contributed by atoms with E-state index in [1.807, 2.05) is 47.8 Å². The van der Waals surface area contributed by atoms with Crippen LogP contribution in [-0.2, 0) is 9.53 Å². The third-order valence-corrected chi connectivity index (χ3v) is 8.36. The first-order valence-electron chi connectivity index (χ1n) is 9.49. The molecule has 2 aromatic rings. The molecule has 146 valence electrons. The number of hydrogen-bond donors (Lipinski definition) is 0. The van der Waals surface area contributed by atoms with Crippen molar-refractivity contribution in [1.29, 1.82) is 0 Å². The van der Waals surface area contributed by atoms with E-state index < -0.39 is 0 Å². The second kappa shape index (κ2) is 8.66. The van der Waals surface area contributed by atoms with Gasteiger partial charge >= 0.3 is 5.97 Å². The molecule has 1 fully saturated rings. The summed E-state index contributed by atoms with van der Waals surface area (Å²) in [5.41, 5.74) is 4.71. The molecule has 2 aliphatic rings. The Kier molecular flexibility index (Phi) is 6.02. The van der Waals surface area contributed by atoms with Crippen LogP contribution in [0.1, 0.15) is 23.5 Å². The Hall–Kier alpha value is -1.85. The maximum absolute atomic E-state index is 12.9. The van der Waals surface area contributed by atoms with Gasteiger partial charge < -0.3 is 9.47 Å².